The van der Waals surface area contributed by atoms with Crippen LogP contribution in [0.3, 0.4) is 0 Å². The van der Waals surface area contributed by atoms with Crippen molar-refractivity contribution in [2.24, 2.45) is 0 Å². The van der Waals surface area contributed by atoms with Crippen molar-refractivity contribution in [1.29, 1.82) is 0 Å². The molecule has 2 aromatic rings. The molecule has 106 valence electrons. The van der Waals surface area contributed by atoms with Crippen LogP contribution in [-0.4, -0.2) is 13.1 Å². The van der Waals surface area contributed by atoms with Gasteiger partial charge in [-0.15, -0.1) is 11.3 Å². The molecule has 0 saturated heterocycles. The quantitative estimate of drug-likeness (QED) is 0.852. The summed E-state index contributed by atoms with van der Waals surface area (Å²) in [5.74, 6) is -2.61. The molecule has 0 fully saturated rings. The lowest BCUT2D eigenvalue weighted by molar-refractivity contribution is 0.0595. The molecule has 0 unspecified atom stereocenters. The summed E-state index contributed by atoms with van der Waals surface area (Å²) in [5, 5.41) is 4.60. The normalized spacial score (nSPS) is 10.3. The highest BCUT2D eigenvalue weighted by Crippen LogP contribution is 2.24. The van der Waals surface area contributed by atoms with Gasteiger partial charge in [-0.05, 0) is 17.5 Å². The Balaban J connectivity index is 2.23. The van der Waals surface area contributed by atoms with Gasteiger partial charge in [-0.25, -0.2) is 13.6 Å². The molecule has 1 heterocycles. The van der Waals surface area contributed by atoms with Crippen LogP contribution >= 0.6 is 11.3 Å². The number of rotatable bonds is 4. The first-order valence-corrected chi connectivity index (χ1v) is 6.54. The molecule has 7 heteroatoms. The summed E-state index contributed by atoms with van der Waals surface area (Å²) < 4.78 is 31.5. The maximum atomic E-state index is 13.6. The second kappa shape index (κ2) is 5.87. The van der Waals surface area contributed by atoms with Gasteiger partial charge < -0.3 is 15.8 Å². The molecular weight excluding hydrogens is 286 g/mol. The molecule has 1 aromatic carbocycles. The third-order valence-corrected chi connectivity index (χ3v) is 3.62. The average Bonchev–Trinajstić information content (AvgIpc) is 2.82. The summed E-state index contributed by atoms with van der Waals surface area (Å²) in [6.07, 6.45) is 0. The third kappa shape index (κ3) is 2.88. The number of thiophene rings is 1. The monoisotopic (exact) mass is 298 g/mol. The Kier molecular flexibility index (Phi) is 4.19. The highest BCUT2D eigenvalue weighted by Gasteiger charge is 2.16. The number of carbonyl (C=O) groups is 1. The van der Waals surface area contributed by atoms with Gasteiger partial charge in [-0.3, -0.25) is 0 Å². The average molecular weight is 298 g/mol. The number of nitrogen functional groups attached to an aromatic ring is 1. The molecule has 0 aliphatic rings. The number of anilines is 2. The van der Waals surface area contributed by atoms with E-state index in [-0.39, 0.29) is 17.8 Å². The van der Waals surface area contributed by atoms with Crippen LogP contribution in [0.4, 0.5) is 20.2 Å². The molecule has 0 atom stereocenters. The van der Waals surface area contributed by atoms with E-state index in [4.69, 9.17) is 5.73 Å². The minimum atomic E-state index is -0.962. The zero-order valence-corrected chi connectivity index (χ0v) is 11.4. The summed E-state index contributed by atoms with van der Waals surface area (Å²) in [6.45, 7) is 0.284. The molecule has 20 heavy (non-hydrogen) atoms. The minimum absolute atomic E-state index is 0.0135. The molecule has 3 N–H and O–H groups in total. The van der Waals surface area contributed by atoms with Crippen molar-refractivity contribution in [3.63, 3.8) is 0 Å². The fraction of sp³-hybridized carbons (Fsp3) is 0.154. The van der Waals surface area contributed by atoms with Gasteiger partial charge >= 0.3 is 5.97 Å². The number of hydrogen-bond acceptors (Lipinski definition) is 5. The van der Waals surface area contributed by atoms with Crippen LogP contribution in [0.15, 0.2) is 23.6 Å². The maximum Gasteiger partial charge on any atom is 0.340 e. The lowest BCUT2D eigenvalue weighted by Crippen LogP contribution is -2.08. The van der Waals surface area contributed by atoms with Gasteiger partial charge in [0, 0.05) is 16.6 Å². The molecule has 0 bridgehead atoms. The highest BCUT2D eigenvalue weighted by molar-refractivity contribution is 7.10. The standard InChI is InChI=1S/C13H12F2N2O2S/c1-19-13(18)7-4-11(9(15)5-8(7)14)17-6-12-10(16)2-3-20-12/h2-5,17H,6,16H2,1H3. The number of halogens is 2. The molecule has 1 aromatic heterocycles. The molecule has 2 rings (SSSR count). The zero-order chi connectivity index (χ0) is 14.7. The van der Waals surface area contributed by atoms with Crippen molar-refractivity contribution in [2.45, 2.75) is 6.54 Å². The van der Waals surface area contributed by atoms with Gasteiger partial charge in [0.1, 0.15) is 11.6 Å². The van der Waals surface area contributed by atoms with E-state index in [2.05, 4.69) is 10.1 Å². The topological polar surface area (TPSA) is 64.3 Å². The van der Waals surface area contributed by atoms with Crippen molar-refractivity contribution in [3.8, 4) is 0 Å². The molecule has 0 amide bonds. The van der Waals surface area contributed by atoms with E-state index in [9.17, 15) is 13.6 Å². The number of benzene rings is 1. The summed E-state index contributed by atoms with van der Waals surface area (Å²) >= 11 is 1.42. The summed E-state index contributed by atoms with van der Waals surface area (Å²) in [5.41, 5.74) is 5.99. The summed E-state index contributed by atoms with van der Waals surface area (Å²) in [7, 11) is 1.13. The minimum Gasteiger partial charge on any atom is -0.465 e. The van der Waals surface area contributed by atoms with Crippen LogP contribution in [0.1, 0.15) is 15.2 Å². The Hall–Kier alpha value is -2.15. The number of nitrogens with one attached hydrogen (secondary N) is 1. The predicted octanol–water partition coefficient (Wildman–Crippen LogP) is 3.01. The Morgan fingerprint density at radius 2 is 2.15 bits per heavy atom. The van der Waals surface area contributed by atoms with Crippen LogP contribution in [-0.2, 0) is 11.3 Å². The second-order valence-electron chi connectivity index (χ2n) is 3.96. The molecule has 0 saturated carbocycles. The van der Waals surface area contributed by atoms with Crippen LogP contribution in [0.2, 0.25) is 0 Å². The molecule has 0 aliphatic carbocycles. The number of nitrogens with two attached hydrogens (primary N) is 1. The van der Waals surface area contributed by atoms with Crippen LogP contribution in [0.25, 0.3) is 0 Å². The lowest BCUT2D eigenvalue weighted by Gasteiger charge is -2.09. The first kappa shape index (κ1) is 14.3. The Morgan fingerprint density at radius 1 is 1.40 bits per heavy atom. The Bertz CT molecular complexity index is 643. The molecule has 4 nitrogen and oxygen atoms in total. The number of carbonyl (C=O) groups excluding carboxylic acids is 1. The second-order valence-corrected chi connectivity index (χ2v) is 4.96. The van der Waals surface area contributed by atoms with Crippen LogP contribution in [0, 0.1) is 11.6 Å². The van der Waals surface area contributed by atoms with Gasteiger partial charge in [0.05, 0.1) is 24.9 Å². The first-order chi connectivity index (χ1) is 9.52. The fourth-order valence-corrected chi connectivity index (χ4v) is 2.36. The molecule has 0 aliphatic heterocycles. The summed E-state index contributed by atoms with van der Waals surface area (Å²) in [4.78, 5) is 12.2. The van der Waals surface area contributed by atoms with Crippen molar-refractivity contribution >= 4 is 28.7 Å². The fourth-order valence-electron chi connectivity index (χ4n) is 1.62. The van der Waals surface area contributed by atoms with Gasteiger partial charge in [0.25, 0.3) is 0 Å². The molecular formula is C13H12F2N2O2S. The van der Waals surface area contributed by atoms with Gasteiger partial charge in [0.2, 0.25) is 0 Å². The Labute approximate surface area is 118 Å². The highest BCUT2D eigenvalue weighted by atomic mass is 32.1. The largest absolute Gasteiger partial charge is 0.465 e. The van der Waals surface area contributed by atoms with Crippen LogP contribution in [0.5, 0.6) is 0 Å². The van der Waals surface area contributed by atoms with E-state index in [0.717, 1.165) is 18.1 Å². The smallest absolute Gasteiger partial charge is 0.340 e. The van der Waals surface area contributed by atoms with E-state index >= 15 is 0 Å². The van der Waals surface area contributed by atoms with E-state index in [1.54, 1.807) is 6.07 Å². The predicted molar refractivity (Wildman–Crippen MR) is 73.8 cm³/mol. The number of methoxy groups -OCH3 is 1. The third-order valence-electron chi connectivity index (χ3n) is 2.68. The van der Waals surface area contributed by atoms with Gasteiger partial charge in [-0.1, -0.05) is 0 Å². The maximum absolute atomic E-state index is 13.6. The van der Waals surface area contributed by atoms with Crippen molar-refractivity contribution in [2.75, 3.05) is 18.2 Å². The van der Waals surface area contributed by atoms with E-state index < -0.39 is 17.6 Å². The SMILES string of the molecule is COC(=O)c1cc(NCc2sccc2N)c(F)cc1F. The zero-order valence-electron chi connectivity index (χ0n) is 10.6. The van der Waals surface area contributed by atoms with E-state index in [0.29, 0.717) is 11.8 Å². The van der Waals surface area contributed by atoms with E-state index in [1.807, 2.05) is 5.38 Å². The van der Waals surface area contributed by atoms with Crippen molar-refractivity contribution in [3.05, 3.63) is 45.7 Å². The van der Waals surface area contributed by atoms with Crippen molar-refractivity contribution < 1.29 is 18.3 Å². The number of esters is 1. The lowest BCUT2D eigenvalue weighted by atomic mass is 10.1. The Morgan fingerprint density at radius 3 is 2.75 bits per heavy atom. The van der Waals surface area contributed by atoms with Gasteiger partial charge in [-0.2, -0.15) is 0 Å². The number of hydrogen-bond donors (Lipinski definition) is 2. The van der Waals surface area contributed by atoms with E-state index in [1.165, 1.54) is 11.3 Å². The first-order valence-electron chi connectivity index (χ1n) is 5.66. The summed E-state index contributed by atoms with van der Waals surface area (Å²) in [6, 6.07) is 3.47. The number of ether oxygens (including phenoxy) is 1. The van der Waals surface area contributed by atoms with Crippen molar-refractivity contribution in [1.82, 2.24) is 0 Å². The molecule has 0 radical (unpaired) electrons. The van der Waals surface area contributed by atoms with Crippen LogP contribution < -0.4 is 11.1 Å². The van der Waals surface area contributed by atoms with Gasteiger partial charge in [0.15, 0.2) is 0 Å². The molecule has 0 spiro atoms.